The van der Waals surface area contributed by atoms with Crippen molar-refractivity contribution >= 4 is 21.9 Å². The van der Waals surface area contributed by atoms with E-state index in [1.807, 2.05) is 0 Å². The number of halogens is 4. The summed E-state index contributed by atoms with van der Waals surface area (Å²) in [5.74, 6) is -1.92. The normalized spacial score (nSPS) is 11.2. The van der Waals surface area contributed by atoms with Gasteiger partial charge in [0.05, 0.1) is 10.0 Å². The van der Waals surface area contributed by atoms with Crippen molar-refractivity contribution < 1.29 is 27.8 Å². The summed E-state index contributed by atoms with van der Waals surface area (Å²) in [5.41, 5.74) is -0.295. The molecule has 0 atom stereocenters. The van der Waals surface area contributed by atoms with E-state index in [0.717, 1.165) is 18.2 Å². The van der Waals surface area contributed by atoms with Crippen LogP contribution in [0.5, 0.6) is 5.75 Å². The first kappa shape index (κ1) is 11.8. The fourth-order valence-electron chi connectivity index (χ4n) is 0.879. The number of ether oxygens (including phenoxy) is 1. The van der Waals surface area contributed by atoms with Gasteiger partial charge in [-0.3, -0.25) is 0 Å². The number of carbonyl (C=O) groups is 1. The number of alkyl halides is 3. The quantitative estimate of drug-likeness (QED) is 0.908. The van der Waals surface area contributed by atoms with E-state index in [0.29, 0.717) is 0 Å². The van der Waals surface area contributed by atoms with Gasteiger partial charge in [0.15, 0.2) is 0 Å². The van der Waals surface area contributed by atoms with Gasteiger partial charge in [-0.25, -0.2) is 4.79 Å². The fourth-order valence-corrected chi connectivity index (χ4v) is 1.39. The van der Waals surface area contributed by atoms with E-state index in [9.17, 15) is 18.0 Å². The van der Waals surface area contributed by atoms with Gasteiger partial charge in [0.25, 0.3) is 0 Å². The van der Waals surface area contributed by atoms with Gasteiger partial charge < -0.3 is 9.84 Å². The first-order valence-electron chi connectivity index (χ1n) is 3.59. The van der Waals surface area contributed by atoms with Crippen LogP contribution in [0.3, 0.4) is 0 Å². The lowest BCUT2D eigenvalue weighted by atomic mass is 10.2. The first-order chi connectivity index (χ1) is 6.81. The molecule has 0 saturated carbocycles. The predicted molar refractivity (Wildman–Crippen MR) is 47.8 cm³/mol. The Morgan fingerprint density at radius 3 is 2.47 bits per heavy atom. The molecule has 0 aliphatic heterocycles. The van der Waals surface area contributed by atoms with Gasteiger partial charge in [0.1, 0.15) is 5.75 Å². The number of hydrogen-bond donors (Lipinski definition) is 1. The third kappa shape index (κ3) is 3.12. The lowest BCUT2D eigenvalue weighted by Crippen LogP contribution is -2.17. The summed E-state index contributed by atoms with van der Waals surface area (Å²) in [7, 11) is 0. The molecule has 0 unspecified atom stereocenters. The van der Waals surface area contributed by atoms with Gasteiger partial charge >= 0.3 is 12.3 Å². The van der Waals surface area contributed by atoms with Gasteiger partial charge in [-0.1, -0.05) is 6.07 Å². The largest absolute Gasteiger partial charge is 0.573 e. The zero-order chi connectivity index (χ0) is 11.6. The summed E-state index contributed by atoms with van der Waals surface area (Å²) in [6.07, 6.45) is -4.85. The van der Waals surface area contributed by atoms with E-state index in [4.69, 9.17) is 5.11 Å². The Hall–Kier alpha value is -1.24. The number of benzene rings is 1. The van der Waals surface area contributed by atoms with Crippen molar-refractivity contribution in [3.63, 3.8) is 0 Å². The highest BCUT2D eigenvalue weighted by Gasteiger charge is 2.32. The molecular weight excluding hydrogens is 281 g/mol. The Balaban J connectivity index is 3.10. The van der Waals surface area contributed by atoms with E-state index in [1.165, 1.54) is 0 Å². The van der Waals surface area contributed by atoms with Crippen molar-refractivity contribution in [2.45, 2.75) is 6.36 Å². The Kier molecular flexibility index (Phi) is 3.23. The summed E-state index contributed by atoms with van der Waals surface area (Å²) in [6, 6.07) is 3.34. The highest BCUT2D eigenvalue weighted by molar-refractivity contribution is 9.10. The van der Waals surface area contributed by atoms with E-state index < -0.39 is 18.1 Å². The summed E-state index contributed by atoms with van der Waals surface area (Å²) in [4.78, 5) is 10.6. The fraction of sp³-hybridized carbons (Fsp3) is 0.125. The average Bonchev–Trinajstić information content (AvgIpc) is 2.05. The Morgan fingerprint density at radius 2 is 2.00 bits per heavy atom. The highest BCUT2D eigenvalue weighted by Crippen LogP contribution is 2.32. The Bertz CT molecular complexity index is 389. The third-order valence-corrected chi connectivity index (χ3v) is 2.24. The van der Waals surface area contributed by atoms with E-state index in [-0.39, 0.29) is 10.0 Å². The number of rotatable bonds is 2. The Labute approximate surface area is 90.6 Å². The van der Waals surface area contributed by atoms with Crippen molar-refractivity contribution in [3.8, 4) is 5.75 Å². The van der Waals surface area contributed by atoms with E-state index in [1.54, 1.807) is 0 Å². The van der Waals surface area contributed by atoms with Crippen LogP contribution >= 0.6 is 15.9 Å². The van der Waals surface area contributed by atoms with Crippen LogP contribution in [-0.4, -0.2) is 17.4 Å². The van der Waals surface area contributed by atoms with Gasteiger partial charge in [-0.2, -0.15) is 0 Å². The maximum Gasteiger partial charge on any atom is 0.573 e. The SMILES string of the molecule is O=C(O)c1cccc(OC(F)(F)F)c1Br. The van der Waals surface area contributed by atoms with Gasteiger partial charge in [0.2, 0.25) is 0 Å². The maximum absolute atomic E-state index is 11.9. The number of carboxylic acid groups (broad SMARTS) is 1. The number of carboxylic acids is 1. The molecule has 0 bridgehead atoms. The molecule has 0 heterocycles. The molecule has 0 aliphatic rings. The molecule has 0 spiro atoms. The lowest BCUT2D eigenvalue weighted by molar-refractivity contribution is -0.274. The summed E-state index contributed by atoms with van der Waals surface area (Å²) < 4.78 is 39.0. The van der Waals surface area contributed by atoms with E-state index in [2.05, 4.69) is 20.7 Å². The smallest absolute Gasteiger partial charge is 0.478 e. The van der Waals surface area contributed by atoms with Crippen molar-refractivity contribution in [1.82, 2.24) is 0 Å². The van der Waals surface area contributed by atoms with Crippen LogP contribution in [-0.2, 0) is 0 Å². The van der Waals surface area contributed by atoms with Gasteiger partial charge in [0, 0.05) is 0 Å². The van der Waals surface area contributed by atoms with Crippen LogP contribution in [0.15, 0.2) is 22.7 Å². The molecule has 0 radical (unpaired) electrons. The molecule has 1 aromatic rings. The molecule has 82 valence electrons. The molecule has 1 aromatic carbocycles. The summed E-state index contributed by atoms with van der Waals surface area (Å²) in [5, 5.41) is 8.62. The predicted octanol–water partition coefficient (Wildman–Crippen LogP) is 3.05. The van der Waals surface area contributed by atoms with Crippen molar-refractivity contribution in [1.29, 1.82) is 0 Å². The molecule has 0 aromatic heterocycles. The standard InChI is InChI=1S/C8H4BrF3O3/c9-6-4(7(13)14)2-1-3-5(6)15-8(10,11)12/h1-3H,(H,13,14). The summed E-state index contributed by atoms with van der Waals surface area (Å²) >= 11 is 2.73. The second kappa shape index (κ2) is 4.09. The average molecular weight is 285 g/mol. The van der Waals surface area contributed by atoms with Crippen LogP contribution < -0.4 is 4.74 Å². The van der Waals surface area contributed by atoms with Crippen LogP contribution in [0.2, 0.25) is 0 Å². The van der Waals surface area contributed by atoms with Crippen molar-refractivity contribution in [2.75, 3.05) is 0 Å². The number of hydrogen-bond acceptors (Lipinski definition) is 2. The second-order valence-electron chi connectivity index (χ2n) is 2.47. The topological polar surface area (TPSA) is 46.5 Å². The molecule has 1 rings (SSSR count). The van der Waals surface area contributed by atoms with E-state index >= 15 is 0 Å². The zero-order valence-electron chi connectivity index (χ0n) is 7.01. The number of aromatic carboxylic acids is 1. The third-order valence-electron chi connectivity index (χ3n) is 1.42. The molecular formula is C8H4BrF3O3. The Morgan fingerprint density at radius 1 is 1.40 bits per heavy atom. The molecule has 0 amide bonds. The first-order valence-corrected chi connectivity index (χ1v) is 4.38. The maximum atomic E-state index is 11.9. The lowest BCUT2D eigenvalue weighted by Gasteiger charge is -2.11. The highest BCUT2D eigenvalue weighted by atomic mass is 79.9. The summed E-state index contributed by atoms with van der Waals surface area (Å²) in [6.45, 7) is 0. The molecule has 0 saturated heterocycles. The zero-order valence-corrected chi connectivity index (χ0v) is 8.59. The second-order valence-corrected chi connectivity index (χ2v) is 3.26. The molecule has 0 aliphatic carbocycles. The molecule has 1 N–H and O–H groups in total. The minimum Gasteiger partial charge on any atom is -0.478 e. The monoisotopic (exact) mass is 284 g/mol. The molecule has 0 fully saturated rings. The van der Waals surface area contributed by atoms with Crippen molar-refractivity contribution in [2.24, 2.45) is 0 Å². The van der Waals surface area contributed by atoms with Crippen LogP contribution in [0.1, 0.15) is 10.4 Å². The molecule has 3 nitrogen and oxygen atoms in total. The van der Waals surface area contributed by atoms with Gasteiger partial charge in [-0.15, -0.1) is 13.2 Å². The minimum atomic E-state index is -4.85. The minimum absolute atomic E-state index is 0.241. The van der Waals surface area contributed by atoms with Gasteiger partial charge in [-0.05, 0) is 28.1 Å². The molecule has 15 heavy (non-hydrogen) atoms. The molecule has 7 heteroatoms. The van der Waals surface area contributed by atoms with Crippen molar-refractivity contribution in [3.05, 3.63) is 28.2 Å². The van der Waals surface area contributed by atoms with Crippen LogP contribution in [0, 0.1) is 0 Å². The van der Waals surface area contributed by atoms with Crippen LogP contribution in [0.4, 0.5) is 13.2 Å². The van der Waals surface area contributed by atoms with Crippen LogP contribution in [0.25, 0.3) is 0 Å².